The van der Waals surface area contributed by atoms with Gasteiger partial charge in [0, 0.05) is 77.0 Å². The number of likely N-dealkylation sites (tertiary alicyclic amines) is 1. The summed E-state index contributed by atoms with van der Waals surface area (Å²) in [6.07, 6.45) is 12.5. The lowest BCUT2D eigenvalue weighted by atomic mass is 9.90. The Balaban J connectivity index is 0.612. The van der Waals surface area contributed by atoms with Gasteiger partial charge in [0.05, 0.1) is 36.1 Å². The minimum Gasteiger partial charge on any atom is -0.489 e. The lowest BCUT2D eigenvalue weighted by molar-refractivity contribution is -0.136. The molecular weight excluding hydrogens is 987 g/mol. The Hall–Kier alpha value is -8.29. The van der Waals surface area contributed by atoms with Crippen LogP contribution in [0.2, 0.25) is 0 Å². The topological polar surface area (TPSA) is 223 Å². The molecule has 4 aromatic heterocycles. The summed E-state index contributed by atoms with van der Waals surface area (Å²) in [5, 5.41) is 34.0. The third kappa shape index (κ3) is 12.6. The van der Waals surface area contributed by atoms with Crippen molar-refractivity contribution in [2.24, 2.45) is 7.05 Å². The predicted octanol–water partition coefficient (Wildman–Crippen LogP) is 6.50. The molecule has 6 heterocycles. The van der Waals surface area contributed by atoms with Crippen molar-refractivity contribution in [1.82, 2.24) is 59.8 Å². The van der Waals surface area contributed by atoms with Gasteiger partial charge in [-0.3, -0.25) is 38.2 Å². The van der Waals surface area contributed by atoms with Gasteiger partial charge in [-0.2, -0.15) is 10.2 Å². The first-order chi connectivity index (χ1) is 37.9. The van der Waals surface area contributed by atoms with E-state index in [4.69, 9.17) is 4.74 Å². The summed E-state index contributed by atoms with van der Waals surface area (Å²) in [5.41, 5.74) is 7.27. The number of likely N-dealkylation sites (N-methyl/N-ethyl adjacent to an activating group) is 1. The number of fused-ring (bicyclic) bond motifs is 2. The molecule has 0 bridgehead atoms. The van der Waals surface area contributed by atoms with E-state index in [2.05, 4.69) is 90.5 Å². The molecule has 404 valence electrons. The molecule has 4 aromatic carbocycles. The number of benzene rings is 4. The van der Waals surface area contributed by atoms with Crippen LogP contribution >= 0.6 is 0 Å². The fourth-order valence-corrected chi connectivity index (χ4v) is 10.4. The average molecular weight is 1050 g/mol. The van der Waals surface area contributed by atoms with Crippen LogP contribution in [0.25, 0.3) is 22.3 Å². The van der Waals surface area contributed by atoms with Gasteiger partial charge < -0.3 is 30.3 Å². The van der Waals surface area contributed by atoms with Gasteiger partial charge in [-0.05, 0) is 72.4 Å². The van der Waals surface area contributed by atoms with E-state index < -0.39 is 17.6 Å². The van der Waals surface area contributed by atoms with Gasteiger partial charge in [-0.15, -0.1) is 5.10 Å². The van der Waals surface area contributed by atoms with Gasteiger partial charge in [0.25, 0.3) is 17.4 Å². The summed E-state index contributed by atoms with van der Waals surface area (Å²) in [7, 11) is 3.47. The Labute approximate surface area is 452 Å². The maximum absolute atomic E-state index is 13.8. The van der Waals surface area contributed by atoms with Crippen LogP contribution in [0.3, 0.4) is 0 Å². The number of nitrogens with one attached hydrogen (secondary N) is 3. The van der Waals surface area contributed by atoms with Crippen molar-refractivity contribution in [2.45, 2.75) is 108 Å². The molecule has 2 atom stereocenters. The molecule has 10 rings (SSSR count). The molecule has 4 N–H and O–H groups in total. The first kappa shape index (κ1) is 53.1. The van der Waals surface area contributed by atoms with E-state index in [0.717, 1.165) is 72.2 Å². The van der Waals surface area contributed by atoms with E-state index in [9.17, 15) is 24.3 Å². The van der Waals surface area contributed by atoms with Gasteiger partial charge in [-0.1, -0.05) is 111 Å². The molecule has 1 unspecified atom stereocenters. The van der Waals surface area contributed by atoms with Crippen LogP contribution in [0.5, 0.6) is 5.75 Å². The van der Waals surface area contributed by atoms with E-state index in [1.807, 2.05) is 77.4 Å². The molecule has 19 nitrogen and oxygen atoms in total. The minimum absolute atomic E-state index is 0.00448. The highest BCUT2D eigenvalue weighted by atomic mass is 16.5. The van der Waals surface area contributed by atoms with Crippen LogP contribution in [0, 0.1) is 0 Å². The van der Waals surface area contributed by atoms with Crippen molar-refractivity contribution in [3.63, 3.8) is 0 Å². The Morgan fingerprint density at radius 2 is 1.56 bits per heavy atom. The van der Waals surface area contributed by atoms with Crippen molar-refractivity contribution in [3.05, 3.63) is 172 Å². The summed E-state index contributed by atoms with van der Waals surface area (Å²) >= 11 is 0. The molecule has 1 saturated heterocycles. The van der Waals surface area contributed by atoms with E-state index in [1.165, 1.54) is 21.4 Å². The second kappa shape index (κ2) is 23.9. The number of hydrogen-bond acceptors (Lipinski definition) is 12. The standard InChI is InChI=1S/C59H67N13O6/c1-40(45-14-8-6-9-15-45)31-51(73)70-29-26-59(77,27-30-70)38-71-39-61-52-53(58(71)76)67-69(3)54(52)46-24-22-43(23-25-46)33-60-34-44-35-62-72(36-44)28-12-5-4-7-13-41-18-20-42(21-19-41)32-50-64-55(66-65-50)56(74)63-47-37-78-49-17-11-10-16-48(49)68(2)57(47)75/h6,8-11,14-25,35-36,39-40,47,60,77H,4-5,7,12-13,26-34,37-38H2,1-3H3,(H,63,74)(H,64,65,66)/t40?,47-/m0/s1. The fourth-order valence-electron chi connectivity index (χ4n) is 10.4. The second-order valence-corrected chi connectivity index (χ2v) is 20.8. The number of hydrogen-bond donors (Lipinski definition) is 4. The van der Waals surface area contributed by atoms with Crippen molar-refractivity contribution >= 4 is 34.4 Å². The molecule has 78 heavy (non-hydrogen) atoms. The smallest absolute Gasteiger partial charge is 0.291 e. The largest absolute Gasteiger partial charge is 0.489 e. The second-order valence-electron chi connectivity index (χ2n) is 20.8. The molecule has 0 aliphatic carbocycles. The van der Waals surface area contributed by atoms with E-state index in [0.29, 0.717) is 74.6 Å². The number of aromatic nitrogens is 9. The summed E-state index contributed by atoms with van der Waals surface area (Å²) in [6.45, 7) is 5.23. The first-order valence-electron chi connectivity index (χ1n) is 26.9. The number of aryl methyl sites for hydroxylation is 3. The maximum atomic E-state index is 13.8. The number of aliphatic hydroxyl groups is 1. The zero-order chi connectivity index (χ0) is 54.2. The van der Waals surface area contributed by atoms with Gasteiger partial charge in [-0.25, -0.2) is 9.97 Å². The van der Waals surface area contributed by atoms with Crippen LogP contribution in [0.4, 0.5) is 5.69 Å². The number of rotatable bonds is 21. The third-order valence-electron chi connectivity index (χ3n) is 15.0. The molecule has 19 heteroatoms. The number of H-pyrrole nitrogens is 1. The van der Waals surface area contributed by atoms with Crippen molar-refractivity contribution in [2.75, 3.05) is 31.6 Å². The average Bonchev–Trinajstić information content (AvgIpc) is 4.23. The first-order valence-corrected chi connectivity index (χ1v) is 26.9. The molecule has 0 radical (unpaired) electrons. The zero-order valence-electron chi connectivity index (χ0n) is 44.5. The lowest BCUT2D eigenvalue weighted by Gasteiger charge is -2.38. The fraction of sp³-hybridized carbons (Fsp3) is 0.373. The van der Waals surface area contributed by atoms with Crippen molar-refractivity contribution in [1.29, 1.82) is 0 Å². The molecule has 0 saturated carbocycles. The van der Waals surface area contributed by atoms with E-state index >= 15 is 0 Å². The Bertz CT molecular complexity index is 3410. The zero-order valence-corrected chi connectivity index (χ0v) is 44.5. The highest BCUT2D eigenvalue weighted by Crippen LogP contribution is 2.31. The van der Waals surface area contributed by atoms with Crippen LogP contribution in [-0.2, 0) is 55.7 Å². The number of aromatic amines is 1. The number of carbonyl (C=O) groups excluding carboxylic acids is 3. The van der Waals surface area contributed by atoms with Gasteiger partial charge in [0.15, 0.2) is 5.52 Å². The maximum Gasteiger partial charge on any atom is 0.291 e. The summed E-state index contributed by atoms with van der Waals surface area (Å²) in [5.74, 6) is 0.448. The van der Waals surface area contributed by atoms with E-state index in [-0.39, 0.29) is 47.8 Å². The Morgan fingerprint density at radius 1 is 0.846 bits per heavy atom. The number of anilines is 1. The number of piperidine rings is 1. The van der Waals surface area contributed by atoms with Crippen molar-refractivity contribution < 1.29 is 24.2 Å². The number of para-hydroxylation sites is 2. The highest BCUT2D eigenvalue weighted by molar-refractivity contribution is 6.02. The summed E-state index contributed by atoms with van der Waals surface area (Å²) in [6, 6.07) is 33.0. The number of nitrogens with zero attached hydrogens (tertiary/aromatic N) is 10. The summed E-state index contributed by atoms with van der Waals surface area (Å²) in [4.78, 5) is 65.3. The van der Waals surface area contributed by atoms with Crippen LogP contribution < -0.4 is 25.8 Å². The third-order valence-corrected chi connectivity index (χ3v) is 15.0. The number of amides is 3. The van der Waals surface area contributed by atoms with Crippen molar-refractivity contribution in [3.8, 4) is 17.0 Å². The Kier molecular flexibility index (Phi) is 16.3. The van der Waals surface area contributed by atoms with Crippen LogP contribution in [0.1, 0.15) is 102 Å². The Morgan fingerprint density at radius 3 is 2.36 bits per heavy atom. The number of carbonyl (C=O) groups is 3. The SMILES string of the molecule is CC(CC(=O)N1CCC(O)(Cn2cnc3c(-c4ccc(CNCc5cnn(CCCCCCc6ccc(Cc7nc(C(=O)N[C@H]8COc9ccccc9N(C)C8=O)n[nH]7)cc6)c5)cc4)n(C)nc3c2=O)CC1)c1ccccc1. The van der Waals surface area contributed by atoms with Crippen LogP contribution in [0.15, 0.2) is 127 Å². The molecule has 3 amide bonds. The number of unbranched alkanes of at least 4 members (excludes halogenated alkanes) is 3. The predicted molar refractivity (Wildman–Crippen MR) is 296 cm³/mol. The monoisotopic (exact) mass is 1050 g/mol. The molecule has 1 fully saturated rings. The lowest BCUT2D eigenvalue weighted by Crippen LogP contribution is -2.49. The minimum atomic E-state index is -1.14. The van der Waals surface area contributed by atoms with Crippen LogP contribution in [-0.4, -0.2) is 110 Å². The quantitative estimate of drug-likeness (QED) is 0.0567. The molecule has 2 aliphatic rings. The molecule has 0 spiro atoms. The van der Waals surface area contributed by atoms with E-state index in [1.54, 1.807) is 23.9 Å². The summed E-state index contributed by atoms with van der Waals surface area (Å²) < 4.78 is 11.0. The number of ether oxygens (including phenoxy) is 1. The highest BCUT2D eigenvalue weighted by Gasteiger charge is 2.36. The molecule has 2 aliphatic heterocycles. The molecular formula is C59H67N13O6. The normalized spacial score (nSPS) is 15.7. The van der Waals surface area contributed by atoms with Gasteiger partial charge in [0.2, 0.25) is 11.7 Å². The van der Waals surface area contributed by atoms with Gasteiger partial charge >= 0.3 is 0 Å². The molecule has 8 aromatic rings. The van der Waals surface area contributed by atoms with Gasteiger partial charge in [0.1, 0.15) is 29.7 Å².